The molecule has 0 radical (unpaired) electrons. The Labute approximate surface area is 203 Å². The molecule has 0 aromatic carbocycles. The van der Waals surface area contributed by atoms with Crippen LogP contribution >= 0.6 is 0 Å². The van der Waals surface area contributed by atoms with Gasteiger partial charge in [0.15, 0.2) is 25.0 Å². The van der Waals surface area contributed by atoms with Gasteiger partial charge in [0.05, 0.1) is 12.7 Å². The van der Waals surface area contributed by atoms with E-state index in [-0.39, 0.29) is 18.9 Å². The van der Waals surface area contributed by atoms with E-state index in [0.29, 0.717) is 0 Å². The lowest BCUT2D eigenvalue weighted by Crippen LogP contribution is -2.48. The monoisotopic (exact) mass is 538 g/mol. The minimum Gasteiger partial charge on any atom is -0.479 e. The lowest BCUT2D eigenvalue weighted by molar-refractivity contribution is -0.163. The summed E-state index contributed by atoms with van der Waals surface area (Å²) in [6.07, 6.45) is -21.1. The molecule has 0 heterocycles. The zero-order chi connectivity index (χ0) is 29.3. The molecule has 0 rings (SSSR count). The molecule has 12 atom stereocenters. The maximum atomic E-state index is 10.1. The zero-order valence-corrected chi connectivity index (χ0v) is 18.8. The number of carboxylic acid groups (broad SMARTS) is 1. The molecule has 0 aliphatic heterocycles. The molecule has 214 valence electrons. The van der Waals surface area contributed by atoms with Crippen LogP contribution in [0, 0.1) is 0 Å². The molecule has 0 amide bonds. The molecule has 0 saturated heterocycles. The second kappa shape index (κ2) is 20.1. The number of aldehydes is 3. The molecule has 12 unspecified atom stereocenters. The van der Waals surface area contributed by atoms with Gasteiger partial charge in [-0.2, -0.15) is 0 Å². The highest BCUT2D eigenvalue weighted by Crippen LogP contribution is 2.05. The van der Waals surface area contributed by atoms with Crippen LogP contribution in [0.25, 0.3) is 0 Å². The normalized spacial score (nSPS) is 20.9. The second-order valence-corrected chi connectivity index (χ2v) is 7.10. The van der Waals surface area contributed by atoms with E-state index < -0.39 is 85.8 Å². The van der Waals surface area contributed by atoms with Crippen molar-refractivity contribution in [3.8, 4) is 0 Å². The topological polar surface area (TPSA) is 352 Å². The lowest BCUT2D eigenvalue weighted by atomic mass is 10.0. The number of hydrogen-bond donors (Lipinski definition) is 14. The standard InChI is InChI=1S/C6H10O7.C6H12O6.C6H12O5/c7-1-2(8)3(9)4(10)5(11)6(12)13;7-1-3(9)5(11)6(12)4(10)2-8;1-3(8)5(10)6(11)4(9)2-7/h1-5,8-11H,(H,12,13);1,3-6,8-12H,2H2;2-6,8-11H,1H3. The van der Waals surface area contributed by atoms with Gasteiger partial charge in [0, 0.05) is 0 Å². The van der Waals surface area contributed by atoms with Gasteiger partial charge in [-0.05, 0) is 6.92 Å². The summed E-state index contributed by atoms with van der Waals surface area (Å²) in [5.74, 6) is -1.76. The lowest BCUT2D eigenvalue weighted by Gasteiger charge is -2.22. The first-order chi connectivity index (χ1) is 16.5. The third kappa shape index (κ3) is 14.5. The van der Waals surface area contributed by atoms with Crippen molar-refractivity contribution in [2.45, 2.75) is 80.2 Å². The van der Waals surface area contributed by atoms with Gasteiger partial charge >= 0.3 is 5.97 Å². The number of aliphatic hydroxyl groups excluding tert-OH is 13. The first-order valence-corrected chi connectivity index (χ1v) is 9.82. The van der Waals surface area contributed by atoms with E-state index in [9.17, 15) is 19.2 Å². The van der Waals surface area contributed by atoms with Crippen molar-refractivity contribution in [3.63, 3.8) is 0 Å². The van der Waals surface area contributed by atoms with Crippen LogP contribution in [-0.2, 0) is 19.2 Å². The Morgan fingerprint density at radius 2 is 0.889 bits per heavy atom. The molecule has 18 nitrogen and oxygen atoms in total. The number of rotatable bonds is 14. The molecule has 0 aromatic heterocycles. The van der Waals surface area contributed by atoms with E-state index >= 15 is 0 Å². The molecular weight excluding hydrogens is 504 g/mol. The summed E-state index contributed by atoms with van der Waals surface area (Å²) in [7, 11) is 0. The van der Waals surface area contributed by atoms with E-state index in [2.05, 4.69) is 0 Å². The quantitative estimate of drug-likeness (QED) is 0.0912. The fourth-order valence-electron chi connectivity index (χ4n) is 1.80. The van der Waals surface area contributed by atoms with Crippen LogP contribution in [0.5, 0.6) is 0 Å². The smallest absolute Gasteiger partial charge is 0.335 e. The predicted octanol–water partition coefficient (Wildman–Crippen LogP) is -9.02. The highest BCUT2D eigenvalue weighted by molar-refractivity contribution is 5.73. The minimum absolute atomic E-state index is 0.0258. The molecule has 0 bridgehead atoms. The predicted molar refractivity (Wildman–Crippen MR) is 111 cm³/mol. The van der Waals surface area contributed by atoms with Gasteiger partial charge in [0.25, 0.3) is 0 Å². The Hall–Kier alpha value is -2.04. The van der Waals surface area contributed by atoms with E-state index in [4.69, 9.17) is 71.5 Å². The molecule has 0 saturated carbocycles. The SMILES string of the molecule is CC(O)C(O)C(O)C(O)C=O.O=CC(O)C(O)C(O)C(O)C(=O)O.O=CC(O)C(O)C(O)C(O)CO. The number of aliphatic carboxylic acids is 1. The van der Waals surface area contributed by atoms with Crippen molar-refractivity contribution in [1.82, 2.24) is 0 Å². The van der Waals surface area contributed by atoms with Crippen LogP contribution in [0.4, 0.5) is 0 Å². The number of carbonyl (C=O) groups is 4. The van der Waals surface area contributed by atoms with Crippen molar-refractivity contribution in [3.05, 3.63) is 0 Å². The Balaban J connectivity index is -0.000000455. The van der Waals surface area contributed by atoms with Crippen molar-refractivity contribution >= 4 is 24.8 Å². The van der Waals surface area contributed by atoms with Crippen molar-refractivity contribution in [2.75, 3.05) is 6.61 Å². The number of hydrogen-bond acceptors (Lipinski definition) is 17. The fourth-order valence-corrected chi connectivity index (χ4v) is 1.80. The van der Waals surface area contributed by atoms with Gasteiger partial charge in [0.1, 0.15) is 61.0 Å². The molecule has 0 aromatic rings. The van der Waals surface area contributed by atoms with Crippen molar-refractivity contribution in [2.24, 2.45) is 0 Å². The molecule has 36 heavy (non-hydrogen) atoms. The maximum Gasteiger partial charge on any atom is 0.335 e. The Kier molecular flexibility index (Phi) is 21.5. The third-order valence-corrected chi connectivity index (χ3v) is 4.17. The van der Waals surface area contributed by atoms with Gasteiger partial charge in [0.2, 0.25) is 0 Å². The molecule has 18 heteroatoms. The number of carbonyl (C=O) groups excluding carboxylic acids is 3. The summed E-state index contributed by atoms with van der Waals surface area (Å²) in [5, 5.41) is 122. The van der Waals surface area contributed by atoms with Crippen molar-refractivity contribution in [1.29, 1.82) is 0 Å². The van der Waals surface area contributed by atoms with Crippen molar-refractivity contribution < 1.29 is 90.7 Å². The molecule has 0 fully saturated rings. The van der Waals surface area contributed by atoms with E-state index in [1.165, 1.54) is 6.92 Å². The average molecular weight is 538 g/mol. The Morgan fingerprint density at radius 3 is 1.14 bits per heavy atom. The van der Waals surface area contributed by atoms with Crippen LogP contribution in [0.2, 0.25) is 0 Å². The van der Waals surface area contributed by atoms with Crippen LogP contribution in [0.1, 0.15) is 6.92 Å². The highest BCUT2D eigenvalue weighted by atomic mass is 16.4. The second-order valence-electron chi connectivity index (χ2n) is 7.10. The summed E-state index contributed by atoms with van der Waals surface area (Å²) in [6.45, 7) is 0.481. The summed E-state index contributed by atoms with van der Waals surface area (Å²) in [6, 6.07) is 0. The van der Waals surface area contributed by atoms with Gasteiger partial charge in [-0.1, -0.05) is 0 Å². The first-order valence-electron chi connectivity index (χ1n) is 9.82. The largest absolute Gasteiger partial charge is 0.479 e. The molecule has 0 spiro atoms. The van der Waals surface area contributed by atoms with E-state index in [1.807, 2.05) is 0 Å². The van der Waals surface area contributed by atoms with Crippen LogP contribution in [0.15, 0.2) is 0 Å². The maximum absolute atomic E-state index is 10.1. The minimum atomic E-state index is -2.25. The molecule has 0 aliphatic carbocycles. The van der Waals surface area contributed by atoms with E-state index in [0.717, 1.165) is 0 Å². The molecular formula is C18H34O18. The molecule has 0 aliphatic rings. The Morgan fingerprint density at radius 1 is 0.583 bits per heavy atom. The highest BCUT2D eigenvalue weighted by Gasteiger charge is 2.34. The number of carboxylic acids is 1. The van der Waals surface area contributed by atoms with Gasteiger partial charge in [-0.25, -0.2) is 4.79 Å². The zero-order valence-electron chi connectivity index (χ0n) is 18.8. The van der Waals surface area contributed by atoms with E-state index in [1.54, 1.807) is 0 Å². The number of aliphatic hydroxyl groups is 13. The summed E-state index contributed by atoms with van der Waals surface area (Å²) in [4.78, 5) is 39.7. The summed E-state index contributed by atoms with van der Waals surface area (Å²) in [5.41, 5.74) is 0. The first kappa shape index (κ1) is 38.5. The summed E-state index contributed by atoms with van der Waals surface area (Å²) < 4.78 is 0. The summed E-state index contributed by atoms with van der Waals surface area (Å²) >= 11 is 0. The van der Waals surface area contributed by atoms with Crippen LogP contribution < -0.4 is 0 Å². The molecule has 14 N–H and O–H groups in total. The van der Waals surface area contributed by atoms with Crippen LogP contribution in [-0.4, -0.2) is 176 Å². The third-order valence-electron chi connectivity index (χ3n) is 4.17. The van der Waals surface area contributed by atoms with Gasteiger partial charge in [-0.3, -0.25) is 0 Å². The average Bonchev–Trinajstić information content (AvgIpc) is 2.88. The van der Waals surface area contributed by atoms with Gasteiger partial charge in [-0.15, -0.1) is 0 Å². The Bertz CT molecular complexity index is 617. The van der Waals surface area contributed by atoms with Crippen LogP contribution in [0.3, 0.4) is 0 Å². The fraction of sp³-hybridized carbons (Fsp3) is 0.778. The van der Waals surface area contributed by atoms with Gasteiger partial charge < -0.3 is 85.9 Å².